The Morgan fingerprint density at radius 2 is 2.11 bits per heavy atom. The molecule has 3 heteroatoms. The van der Waals surface area contributed by atoms with Crippen LogP contribution in [0.5, 0.6) is 0 Å². The second-order valence-electron chi connectivity index (χ2n) is 5.52. The lowest BCUT2D eigenvalue weighted by atomic mass is 9.71. The van der Waals surface area contributed by atoms with Crippen molar-refractivity contribution in [3.8, 4) is 12.3 Å². The van der Waals surface area contributed by atoms with Gasteiger partial charge in [-0.2, -0.15) is 0 Å². The minimum absolute atomic E-state index is 0.0385. The molecule has 0 spiro atoms. The number of hydrogen-bond donors (Lipinski definition) is 2. The first-order valence-electron chi connectivity index (χ1n) is 7.08. The number of carbonyl (C=O) groups is 1. The van der Waals surface area contributed by atoms with Gasteiger partial charge in [0.25, 0.3) is 0 Å². The maximum atomic E-state index is 12.1. The third-order valence-electron chi connectivity index (χ3n) is 4.10. The predicted molar refractivity (Wildman–Crippen MR) is 74.9 cm³/mol. The van der Waals surface area contributed by atoms with Crippen LogP contribution in [0.1, 0.15) is 58.3 Å². The fourth-order valence-corrected chi connectivity index (χ4v) is 2.81. The smallest absolute Gasteiger partial charge is 0.220 e. The highest BCUT2D eigenvalue weighted by molar-refractivity contribution is 5.77. The molecule has 18 heavy (non-hydrogen) atoms. The van der Waals surface area contributed by atoms with E-state index in [0.29, 0.717) is 19.4 Å². The van der Waals surface area contributed by atoms with Crippen molar-refractivity contribution < 1.29 is 4.79 Å². The van der Waals surface area contributed by atoms with Gasteiger partial charge in [0, 0.05) is 18.9 Å². The Morgan fingerprint density at radius 3 is 2.61 bits per heavy atom. The van der Waals surface area contributed by atoms with Crippen molar-refractivity contribution in [2.24, 2.45) is 11.1 Å². The monoisotopic (exact) mass is 250 g/mol. The average Bonchev–Trinajstić information content (AvgIpc) is 2.39. The number of hydrogen-bond acceptors (Lipinski definition) is 2. The van der Waals surface area contributed by atoms with Crippen LogP contribution < -0.4 is 11.1 Å². The highest BCUT2D eigenvalue weighted by Gasteiger charge is 2.33. The minimum Gasteiger partial charge on any atom is -0.352 e. The number of nitrogens with one attached hydrogen (secondary N) is 1. The lowest BCUT2D eigenvalue weighted by Gasteiger charge is -2.36. The third kappa shape index (κ3) is 4.34. The minimum atomic E-state index is 0.0385. The first-order valence-corrected chi connectivity index (χ1v) is 7.08. The molecule has 3 N–H and O–H groups in total. The van der Waals surface area contributed by atoms with E-state index in [-0.39, 0.29) is 17.4 Å². The van der Waals surface area contributed by atoms with Crippen LogP contribution in [-0.4, -0.2) is 18.5 Å². The Kier molecular flexibility index (Phi) is 6.21. The zero-order valence-corrected chi connectivity index (χ0v) is 11.5. The Morgan fingerprint density at radius 1 is 1.44 bits per heavy atom. The fourth-order valence-electron chi connectivity index (χ4n) is 2.81. The van der Waals surface area contributed by atoms with Gasteiger partial charge in [0.1, 0.15) is 0 Å². The van der Waals surface area contributed by atoms with Crippen molar-refractivity contribution in [3.05, 3.63) is 0 Å². The van der Waals surface area contributed by atoms with Gasteiger partial charge in [0.05, 0.1) is 0 Å². The second kappa shape index (κ2) is 7.43. The molecule has 0 saturated heterocycles. The van der Waals surface area contributed by atoms with Crippen LogP contribution in [-0.2, 0) is 4.79 Å². The molecule has 1 fully saturated rings. The van der Waals surface area contributed by atoms with Crippen molar-refractivity contribution in [3.63, 3.8) is 0 Å². The average molecular weight is 250 g/mol. The molecular formula is C15H26N2O. The van der Waals surface area contributed by atoms with Crippen molar-refractivity contribution in [1.29, 1.82) is 0 Å². The first-order chi connectivity index (χ1) is 8.65. The molecule has 1 amide bonds. The molecule has 1 atom stereocenters. The fraction of sp³-hybridized carbons (Fsp3) is 0.800. The SMILES string of the molecule is C#CCC(CC)NC(=O)CC1(CN)CCCCC1. The summed E-state index contributed by atoms with van der Waals surface area (Å²) in [7, 11) is 0. The van der Waals surface area contributed by atoms with E-state index >= 15 is 0 Å². The summed E-state index contributed by atoms with van der Waals surface area (Å²) in [6.45, 7) is 2.66. The summed E-state index contributed by atoms with van der Waals surface area (Å²) in [5.74, 6) is 2.73. The van der Waals surface area contributed by atoms with E-state index in [9.17, 15) is 4.79 Å². The molecule has 3 nitrogen and oxygen atoms in total. The van der Waals surface area contributed by atoms with Crippen molar-refractivity contribution in [2.45, 2.75) is 64.3 Å². The van der Waals surface area contributed by atoms with Gasteiger partial charge in [-0.05, 0) is 31.2 Å². The summed E-state index contributed by atoms with van der Waals surface area (Å²) in [4.78, 5) is 12.1. The quantitative estimate of drug-likeness (QED) is 0.710. The molecule has 0 radical (unpaired) electrons. The predicted octanol–water partition coefficient (Wildman–Crippen LogP) is 2.20. The largest absolute Gasteiger partial charge is 0.352 e. The van der Waals surface area contributed by atoms with Gasteiger partial charge in [-0.25, -0.2) is 0 Å². The van der Waals surface area contributed by atoms with Crippen LogP contribution >= 0.6 is 0 Å². The molecule has 0 bridgehead atoms. The molecule has 1 rings (SSSR count). The summed E-state index contributed by atoms with van der Waals surface area (Å²) >= 11 is 0. The summed E-state index contributed by atoms with van der Waals surface area (Å²) in [5.41, 5.74) is 5.93. The van der Waals surface area contributed by atoms with E-state index < -0.39 is 0 Å². The van der Waals surface area contributed by atoms with E-state index in [4.69, 9.17) is 12.2 Å². The van der Waals surface area contributed by atoms with E-state index in [1.165, 1.54) is 19.3 Å². The highest BCUT2D eigenvalue weighted by Crippen LogP contribution is 2.38. The first kappa shape index (κ1) is 15.0. The van der Waals surface area contributed by atoms with Crippen molar-refractivity contribution in [2.75, 3.05) is 6.54 Å². The van der Waals surface area contributed by atoms with Crippen LogP contribution in [0.3, 0.4) is 0 Å². The molecule has 0 aromatic carbocycles. The molecule has 0 aliphatic heterocycles. The normalized spacial score (nSPS) is 19.8. The molecular weight excluding hydrogens is 224 g/mol. The molecule has 0 aromatic rings. The molecule has 0 heterocycles. The van der Waals surface area contributed by atoms with Gasteiger partial charge >= 0.3 is 0 Å². The zero-order valence-electron chi connectivity index (χ0n) is 11.5. The van der Waals surface area contributed by atoms with E-state index in [2.05, 4.69) is 11.2 Å². The van der Waals surface area contributed by atoms with Crippen molar-refractivity contribution in [1.82, 2.24) is 5.32 Å². The van der Waals surface area contributed by atoms with E-state index in [0.717, 1.165) is 19.3 Å². The molecule has 1 unspecified atom stereocenters. The van der Waals surface area contributed by atoms with Gasteiger partial charge in [-0.15, -0.1) is 12.3 Å². The van der Waals surface area contributed by atoms with E-state index in [1.807, 2.05) is 6.92 Å². The lowest BCUT2D eigenvalue weighted by Crippen LogP contribution is -2.41. The number of rotatable bonds is 6. The Balaban J connectivity index is 2.49. The molecule has 1 saturated carbocycles. The van der Waals surface area contributed by atoms with Crippen LogP contribution in [0, 0.1) is 17.8 Å². The van der Waals surface area contributed by atoms with Crippen LogP contribution in [0.25, 0.3) is 0 Å². The van der Waals surface area contributed by atoms with E-state index in [1.54, 1.807) is 0 Å². The maximum absolute atomic E-state index is 12.1. The van der Waals surface area contributed by atoms with Gasteiger partial charge < -0.3 is 11.1 Å². The third-order valence-corrected chi connectivity index (χ3v) is 4.10. The standard InChI is InChI=1S/C15H26N2O/c1-3-8-13(4-2)17-14(18)11-15(12-16)9-6-5-7-10-15/h1,13H,4-12,16H2,2H3,(H,17,18). The molecule has 0 aromatic heterocycles. The van der Waals surface area contributed by atoms with Crippen LogP contribution in [0.15, 0.2) is 0 Å². The van der Waals surface area contributed by atoms with Crippen LogP contribution in [0.4, 0.5) is 0 Å². The van der Waals surface area contributed by atoms with Gasteiger partial charge in [-0.3, -0.25) is 4.79 Å². The number of terminal acetylenes is 1. The number of carbonyl (C=O) groups excluding carboxylic acids is 1. The van der Waals surface area contributed by atoms with Gasteiger partial charge in [0.15, 0.2) is 0 Å². The molecule has 1 aliphatic carbocycles. The Hall–Kier alpha value is -1.01. The summed E-state index contributed by atoms with van der Waals surface area (Å²) in [5, 5.41) is 3.04. The summed E-state index contributed by atoms with van der Waals surface area (Å²) in [6, 6.07) is 0.112. The second-order valence-corrected chi connectivity index (χ2v) is 5.52. The Bertz CT molecular complexity index is 300. The lowest BCUT2D eigenvalue weighted by molar-refractivity contribution is -0.124. The van der Waals surface area contributed by atoms with Gasteiger partial charge in [-0.1, -0.05) is 26.2 Å². The topological polar surface area (TPSA) is 55.1 Å². The number of amides is 1. The van der Waals surface area contributed by atoms with Crippen LogP contribution in [0.2, 0.25) is 0 Å². The maximum Gasteiger partial charge on any atom is 0.220 e. The number of nitrogens with two attached hydrogens (primary N) is 1. The molecule has 102 valence electrons. The highest BCUT2D eigenvalue weighted by atomic mass is 16.1. The van der Waals surface area contributed by atoms with Gasteiger partial charge in [0.2, 0.25) is 5.91 Å². The molecule has 1 aliphatic rings. The Labute approximate surface area is 111 Å². The zero-order chi connectivity index (χ0) is 13.4. The summed E-state index contributed by atoms with van der Waals surface area (Å²) in [6.07, 6.45) is 13.2. The summed E-state index contributed by atoms with van der Waals surface area (Å²) < 4.78 is 0. The van der Waals surface area contributed by atoms with Crippen molar-refractivity contribution >= 4 is 5.91 Å².